The molecule has 0 saturated heterocycles. The third kappa shape index (κ3) is 2.59. The monoisotopic (exact) mass is 336 g/mol. The van der Waals surface area contributed by atoms with E-state index in [1.807, 2.05) is 18.2 Å². The van der Waals surface area contributed by atoms with Gasteiger partial charge in [-0.25, -0.2) is 4.98 Å². The first kappa shape index (κ1) is 15.0. The number of nitriles is 1. The highest BCUT2D eigenvalue weighted by atomic mass is 35.5. The molecule has 0 atom stereocenters. The fourth-order valence-electron chi connectivity index (χ4n) is 2.66. The Kier molecular flexibility index (Phi) is 3.62. The van der Waals surface area contributed by atoms with Gasteiger partial charge in [0.05, 0.1) is 22.7 Å². The molecule has 7 heteroatoms. The summed E-state index contributed by atoms with van der Waals surface area (Å²) in [6.45, 7) is 0.353. The Labute approximate surface area is 143 Å². The van der Waals surface area contributed by atoms with Gasteiger partial charge in [0.25, 0.3) is 0 Å². The van der Waals surface area contributed by atoms with Crippen LogP contribution in [0.25, 0.3) is 10.9 Å². The van der Waals surface area contributed by atoms with Crippen LogP contribution in [-0.2, 0) is 11.3 Å². The van der Waals surface area contributed by atoms with E-state index in [0.29, 0.717) is 34.3 Å². The number of hydrogen-bond acceptors (Lipinski definition) is 5. The van der Waals surface area contributed by atoms with E-state index >= 15 is 0 Å². The van der Waals surface area contributed by atoms with Crippen LogP contribution in [-0.4, -0.2) is 17.1 Å². The molecule has 0 radical (unpaired) electrons. The van der Waals surface area contributed by atoms with Crippen LogP contribution < -0.4 is 10.2 Å². The summed E-state index contributed by atoms with van der Waals surface area (Å²) in [5.41, 5.74) is 2.71. The SMILES string of the molecule is N#Cc1cc2ccc(Oc3ccc4c(c3)COB4O)nc2cc1Cl. The van der Waals surface area contributed by atoms with Crippen molar-refractivity contribution in [2.24, 2.45) is 0 Å². The molecular formula is C17H10BClN2O3. The lowest BCUT2D eigenvalue weighted by atomic mass is 9.80. The summed E-state index contributed by atoms with van der Waals surface area (Å²) in [5, 5.41) is 19.8. The van der Waals surface area contributed by atoms with Crippen molar-refractivity contribution in [1.29, 1.82) is 5.26 Å². The van der Waals surface area contributed by atoms with E-state index in [0.717, 1.165) is 16.4 Å². The van der Waals surface area contributed by atoms with E-state index in [2.05, 4.69) is 4.98 Å². The summed E-state index contributed by atoms with van der Waals surface area (Å²) < 4.78 is 11.0. The van der Waals surface area contributed by atoms with Gasteiger partial charge in [-0.3, -0.25) is 0 Å². The van der Waals surface area contributed by atoms with Crippen molar-refractivity contribution in [1.82, 2.24) is 4.98 Å². The predicted molar refractivity (Wildman–Crippen MR) is 90.4 cm³/mol. The maximum atomic E-state index is 9.64. The maximum Gasteiger partial charge on any atom is 0.491 e. The summed E-state index contributed by atoms with van der Waals surface area (Å²) in [5.74, 6) is 1.03. The van der Waals surface area contributed by atoms with Crippen molar-refractivity contribution in [3.8, 4) is 17.7 Å². The zero-order valence-electron chi connectivity index (χ0n) is 12.4. The first-order valence-corrected chi connectivity index (χ1v) is 7.62. The van der Waals surface area contributed by atoms with Gasteiger partial charge in [0.2, 0.25) is 5.88 Å². The molecule has 0 unspecified atom stereocenters. The van der Waals surface area contributed by atoms with Crippen LogP contribution in [0.1, 0.15) is 11.1 Å². The number of fused-ring (bicyclic) bond motifs is 2. The Morgan fingerprint density at radius 3 is 2.96 bits per heavy atom. The Morgan fingerprint density at radius 2 is 2.12 bits per heavy atom. The summed E-state index contributed by atoms with van der Waals surface area (Å²) in [6.07, 6.45) is 0. The summed E-state index contributed by atoms with van der Waals surface area (Å²) in [6, 6.07) is 14.3. The third-order valence-electron chi connectivity index (χ3n) is 3.87. The Bertz CT molecular complexity index is 1000. The Morgan fingerprint density at radius 1 is 1.25 bits per heavy atom. The molecule has 0 amide bonds. The molecule has 0 fully saturated rings. The van der Waals surface area contributed by atoms with Crippen LogP contribution in [0.15, 0.2) is 42.5 Å². The fourth-order valence-corrected chi connectivity index (χ4v) is 2.86. The van der Waals surface area contributed by atoms with Crippen LogP contribution in [0, 0.1) is 11.3 Å². The lowest BCUT2D eigenvalue weighted by molar-refractivity contribution is 0.275. The zero-order chi connectivity index (χ0) is 16.7. The molecule has 1 aliphatic rings. The van der Waals surface area contributed by atoms with Crippen molar-refractivity contribution in [3.63, 3.8) is 0 Å². The van der Waals surface area contributed by atoms with Gasteiger partial charge in [-0.05, 0) is 41.4 Å². The summed E-state index contributed by atoms with van der Waals surface area (Å²) in [4.78, 5) is 4.42. The van der Waals surface area contributed by atoms with E-state index < -0.39 is 7.12 Å². The molecule has 3 aromatic rings. The quantitative estimate of drug-likeness (QED) is 0.728. The van der Waals surface area contributed by atoms with Gasteiger partial charge >= 0.3 is 7.12 Å². The molecule has 5 nitrogen and oxygen atoms in total. The van der Waals surface area contributed by atoms with E-state index in [9.17, 15) is 5.02 Å². The number of hydrogen-bond donors (Lipinski definition) is 1. The molecule has 2 aromatic carbocycles. The van der Waals surface area contributed by atoms with E-state index in [1.54, 1.807) is 30.3 Å². The second kappa shape index (κ2) is 5.80. The van der Waals surface area contributed by atoms with Crippen LogP contribution in [0.3, 0.4) is 0 Å². The van der Waals surface area contributed by atoms with Gasteiger partial charge in [-0.15, -0.1) is 0 Å². The number of aromatic nitrogens is 1. The minimum Gasteiger partial charge on any atom is -0.439 e. The first-order chi connectivity index (χ1) is 11.6. The molecule has 1 N–H and O–H groups in total. The molecule has 116 valence electrons. The Balaban J connectivity index is 1.67. The zero-order valence-corrected chi connectivity index (χ0v) is 13.1. The van der Waals surface area contributed by atoms with Gasteiger partial charge in [0.1, 0.15) is 11.8 Å². The smallest absolute Gasteiger partial charge is 0.439 e. The predicted octanol–water partition coefficient (Wildman–Crippen LogP) is 2.77. The van der Waals surface area contributed by atoms with Gasteiger partial charge in [0, 0.05) is 11.5 Å². The molecule has 1 aromatic heterocycles. The molecule has 0 aliphatic carbocycles. The third-order valence-corrected chi connectivity index (χ3v) is 4.19. The molecule has 0 spiro atoms. The number of pyridine rings is 1. The minimum absolute atomic E-state index is 0.353. The molecule has 0 bridgehead atoms. The van der Waals surface area contributed by atoms with Crippen molar-refractivity contribution < 1.29 is 14.4 Å². The highest BCUT2D eigenvalue weighted by molar-refractivity contribution is 6.61. The van der Waals surface area contributed by atoms with Crippen LogP contribution in [0.4, 0.5) is 0 Å². The molecule has 1 aliphatic heterocycles. The molecule has 0 saturated carbocycles. The largest absolute Gasteiger partial charge is 0.491 e. The summed E-state index contributed by atoms with van der Waals surface area (Å²) >= 11 is 6.05. The number of ether oxygens (including phenoxy) is 1. The topological polar surface area (TPSA) is 75.4 Å². The van der Waals surface area contributed by atoms with E-state index in [4.69, 9.17) is 26.3 Å². The van der Waals surface area contributed by atoms with Gasteiger partial charge in [0.15, 0.2) is 0 Å². The van der Waals surface area contributed by atoms with Crippen molar-refractivity contribution >= 4 is 35.1 Å². The fraction of sp³-hybridized carbons (Fsp3) is 0.0588. The number of nitrogens with zero attached hydrogens (tertiary/aromatic N) is 2. The molecule has 2 heterocycles. The van der Waals surface area contributed by atoms with Gasteiger partial charge in [-0.2, -0.15) is 5.26 Å². The van der Waals surface area contributed by atoms with Crippen LogP contribution >= 0.6 is 11.6 Å². The van der Waals surface area contributed by atoms with E-state index in [1.165, 1.54) is 0 Å². The second-order valence-corrected chi connectivity index (χ2v) is 5.82. The maximum absolute atomic E-state index is 9.64. The van der Waals surface area contributed by atoms with Crippen molar-refractivity contribution in [3.05, 3.63) is 58.6 Å². The number of halogens is 1. The lowest BCUT2D eigenvalue weighted by Gasteiger charge is -2.08. The summed E-state index contributed by atoms with van der Waals surface area (Å²) in [7, 11) is -0.871. The van der Waals surface area contributed by atoms with Crippen LogP contribution in [0.2, 0.25) is 5.02 Å². The highest BCUT2D eigenvalue weighted by Gasteiger charge is 2.27. The average Bonchev–Trinajstić information content (AvgIpc) is 2.95. The second-order valence-electron chi connectivity index (χ2n) is 5.41. The standard InChI is InChI=1S/C17H10BClN2O3/c19-15-7-16-10(5-11(15)8-20)1-4-17(21-16)24-13-2-3-14-12(6-13)9-23-18(14)22/h1-7,22H,9H2. The van der Waals surface area contributed by atoms with Crippen LogP contribution in [0.5, 0.6) is 11.6 Å². The normalized spacial score (nSPS) is 13.0. The number of benzene rings is 2. The van der Waals surface area contributed by atoms with Crippen molar-refractivity contribution in [2.45, 2.75) is 6.61 Å². The van der Waals surface area contributed by atoms with Crippen molar-refractivity contribution in [2.75, 3.05) is 0 Å². The van der Waals surface area contributed by atoms with E-state index in [-0.39, 0.29) is 0 Å². The first-order valence-electron chi connectivity index (χ1n) is 7.25. The molecule has 24 heavy (non-hydrogen) atoms. The minimum atomic E-state index is -0.871. The molecule has 4 rings (SSSR count). The average molecular weight is 337 g/mol. The van der Waals surface area contributed by atoms with Gasteiger partial charge < -0.3 is 14.4 Å². The Hall–Kier alpha value is -2.59. The molecular weight excluding hydrogens is 326 g/mol. The lowest BCUT2D eigenvalue weighted by Crippen LogP contribution is -2.27. The van der Waals surface area contributed by atoms with Gasteiger partial charge in [-0.1, -0.05) is 17.7 Å². The number of rotatable bonds is 2. The highest BCUT2D eigenvalue weighted by Crippen LogP contribution is 2.27.